The Kier molecular flexibility index (Phi) is 1.94. The molecular weight excluding hydrogens is 180 g/mol. The van der Waals surface area contributed by atoms with Crippen LogP contribution in [0.5, 0.6) is 0 Å². The molecule has 2 fully saturated rings. The van der Waals surface area contributed by atoms with Gasteiger partial charge in [0.05, 0.1) is 19.8 Å². The zero-order valence-electron chi connectivity index (χ0n) is 8.24. The SMILES string of the molecule is OCC1=C[C@@H]2CC3(C[C@@H]2C1)OCCO3. The van der Waals surface area contributed by atoms with E-state index < -0.39 is 0 Å². The fourth-order valence-electron chi connectivity index (χ4n) is 3.14. The van der Waals surface area contributed by atoms with Crippen molar-refractivity contribution in [3.05, 3.63) is 11.6 Å². The molecule has 0 aromatic rings. The Morgan fingerprint density at radius 3 is 2.79 bits per heavy atom. The summed E-state index contributed by atoms with van der Waals surface area (Å²) >= 11 is 0. The van der Waals surface area contributed by atoms with Gasteiger partial charge in [0, 0.05) is 12.8 Å². The second kappa shape index (κ2) is 3.05. The van der Waals surface area contributed by atoms with Crippen LogP contribution >= 0.6 is 0 Å². The summed E-state index contributed by atoms with van der Waals surface area (Å²) in [5, 5.41) is 9.05. The van der Waals surface area contributed by atoms with Gasteiger partial charge in [0.25, 0.3) is 0 Å². The van der Waals surface area contributed by atoms with Gasteiger partial charge in [0.15, 0.2) is 5.79 Å². The van der Waals surface area contributed by atoms with E-state index in [0.29, 0.717) is 11.8 Å². The standard InChI is InChI=1S/C11H16O3/c12-7-8-3-9-5-11(6-10(9)4-8)13-1-2-14-11/h3,9-10,12H,1-2,4-7H2/t9-,10+/m1/s1. The molecule has 0 amide bonds. The molecule has 3 heteroatoms. The summed E-state index contributed by atoms with van der Waals surface area (Å²) in [6.45, 7) is 1.72. The van der Waals surface area contributed by atoms with E-state index in [9.17, 15) is 0 Å². The van der Waals surface area contributed by atoms with E-state index in [1.807, 2.05) is 0 Å². The first kappa shape index (κ1) is 8.89. The van der Waals surface area contributed by atoms with Crippen molar-refractivity contribution in [2.45, 2.75) is 25.0 Å². The second-order valence-corrected chi connectivity index (χ2v) is 4.63. The molecule has 3 aliphatic rings. The van der Waals surface area contributed by atoms with Crippen LogP contribution in [0.1, 0.15) is 19.3 Å². The lowest BCUT2D eigenvalue weighted by molar-refractivity contribution is -0.153. The average Bonchev–Trinajstić information content (AvgIpc) is 2.81. The number of ether oxygens (including phenoxy) is 2. The zero-order valence-corrected chi connectivity index (χ0v) is 8.24. The van der Waals surface area contributed by atoms with Crippen molar-refractivity contribution >= 4 is 0 Å². The van der Waals surface area contributed by atoms with Crippen molar-refractivity contribution in [1.29, 1.82) is 0 Å². The maximum absolute atomic E-state index is 9.05. The summed E-state index contributed by atoms with van der Waals surface area (Å²) in [7, 11) is 0. The van der Waals surface area contributed by atoms with E-state index in [-0.39, 0.29) is 12.4 Å². The third-order valence-electron chi connectivity index (χ3n) is 3.72. The molecule has 1 N–H and O–H groups in total. The van der Waals surface area contributed by atoms with Crippen LogP contribution in [-0.2, 0) is 9.47 Å². The van der Waals surface area contributed by atoms with Crippen LogP contribution in [0.3, 0.4) is 0 Å². The number of allylic oxidation sites excluding steroid dienone is 1. The molecule has 1 spiro atoms. The molecule has 2 aliphatic carbocycles. The number of hydrogen-bond donors (Lipinski definition) is 1. The minimum atomic E-state index is -0.257. The predicted octanol–water partition coefficient (Wildman–Crippen LogP) is 1.08. The molecule has 0 aromatic carbocycles. The summed E-state index contributed by atoms with van der Waals surface area (Å²) in [6.07, 6.45) is 5.26. The van der Waals surface area contributed by atoms with Crippen LogP contribution in [0.15, 0.2) is 11.6 Å². The van der Waals surface area contributed by atoms with Crippen LogP contribution in [0.25, 0.3) is 0 Å². The molecule has 78 valence electrons. The Morgan fingerprint density at radius 2 is 2.14 bits per heavy atom. The van der Waals surface area contributed by atoms with Crippen molar-refractivity contribution in [3.63, 3.8) is 0 Å². The van der Waals surface area contributed by atoms with Crippen molar-refractivity contribution in [3.8, 4) is 0 Å². The highest BCUT2D eigenvalue weighted by Gasteiger charge is 2.50. The lowest BCUT2D eigenvalue weighted by Gasteiger charge is -2.22. The Bertz CT molecular complexity index is 266. The van der Waals surface area contributed by atoms with Gasteiger partial charge in [-0.3, -0.25) is 0 Å². The molecule has 1 heterocycles. The van der Waals surface area contributed by atoms with Gasteiger partial charge in [-0.15, -0.1) is 0 Å². The molecule has 0 radical (unpaired) electrons. The molecule has 3 rings (SSSR count). The summed E-state index contributed by atoms with van der Waals surface area (Å²) in [6, 6.07) is 0. The van der Waals surface area contributed by atoms with Crippen molar-refractivity contribution in [2.24, 2.45) is 11.8 Å². The predicted molar refractivity (Wildman–Crippen MR) is 50.6 cm³/mol. The summed E-state index contributed by atoms with van der Waals surface area (Å²) in [4.78, 5) is 0. The number of rotatable bonds is 1. The van der Waals surface area contributed by atoms with Crippen LogP contribution in [0.4, 0.5) is 0 Å². The van der Waals surface area contributed by atoms with Crippen LogP contribution in [-0.4, -0.2) is 30.7 Å². The van der Waals surface area contributed by atoms with E-state index in [1.165, 1.54) is 5.57 Å². The highest BCUT2D eigenvalue weighted by Crippen LogP contribution is 2.50. The largest absolute Gasteiger partial charge is 0.392 e. The number of fused-ring (bicyclic) bond motifs is 1. The van der Waals surface area contributed by atoms with Gasteiger partial charge in [0.1, 0.15) is 0 Å². The molecule has 2 atom stereocenters. The van der Waals surface area contributed by atoms with Gasteiger partial charge in [0.2, 0.25) is 0 Å². The zero-order chi connectivity index (χ0) is 9.60. The van der Waals surface area contributed by atoms with Crippen molar-refractivity contribution < 1.29 is 14.6 Å². The molecule has 1 aliphatic heterocycles. The number of aliphatic hydroxyl groups excluding tert-OH is 1. The summed E-state index contributed by atoms with van der Waals surface area (Å²) in [5.41, 5.74) is 1.20. The van der Waals surface area contributed by atoms with Crippen LogP contribution in [0.2, 0.25) is 0 Å². The Morgan fingerprint density at radius 1 is 1.36 bits per heavy atom. The highest BCUT2D eigenvalue weighted by atomic mass is 16.7. The van der Waals surface area contributed by atoms with E-state index in [1.54, 1.807) is 0 Å². The lowest BCUT2D eigenvalue weighted by atomic mass is 10.00. The van der Waals surface area contributed by atoms with E-state index in [0.717, 1.165) is 32.5 Å². The number of hydrogen-bond acceptors (Lipinski definition) is 3. The molecule has 0 aromatic heterocycles. The van der Waals surface area contributed by atoms with Gasteiger partial charge >= 0.3 is 0 Å². The first-order valence-electron chi connectivity index (χ1n) is 5.40. The van der Waals surface area contributed by atoms with E-state index in [2.05, 4.69) is 6.08 Å². The quantitative estimate of drug-likeness (QED) is 0.638. The van der Waals surface area contributed by atoms with Crippen LogP contribution < -0.4 is 0 Å². The maximum Gasteiger partial charge on any atom is 0.169 e. The molecule has 14 heavy (non-hydrogen) atoms. The monoisotopic (exact) mass is 196 g/mol. The average molecular weight is 196 g/mol. The van der Waals surface area contributed by atoms with Gasteiger partial charge in [-0.1, -0.05) is 6.08 Å². The lowest BCUT2D eigenvalue weighted by Crippen LogP contribution is -2.26. The molecule has 0 unspecified atom stereocenters. The van der Waals surface area contributed by atoms with Gasteiger partial charge in [-0.05, 0) is 23.8 Å². The number of aliphatic hydroxyl groups is 1. The first-order valence-corrected chi connectivity index (χ1v) is 5.40. The third kappa shape index (κ3) is 1.23. The summed E-state index contributed by atoms with van der Waals surface area (Å²) < 4.78 is 11.4. The first-order chi connectivity index (χ1) is 6.81. The van der Waals surface area contributed by atoms with Gasteiger partial charge < -0.3 is 14.6 Å². The molecule has 3 nitrogen and oxygen atoms in total. The summed E-state index contributed by atoms with van der Waals surface area (Å²) in [5.74, 6) is 0.970. The minimum absolute atomic E-state index is 0.224. The van der Waals surface area contributed by atoms with Crippen molar-refractivity contribution in [2.75, 3.05) is 19.8 Å². The highest BCUT2D eigenvalue weighted by molar-refractivity contribution is 5.18. The van der Waals surface area contributed by atoms with Gasteiger partial charge in [-0.25, -0.2) is 0 Å². The second-order valence-electron chi connectivity index (χ2n) is 4.63. The Hall–Kier alpha value is -0.380. The smallest absolute Gasteiger partial charge is 0.169 e. The Balaban J connectivity index is 1.75. The van der Waals surface area contributed by atoms with Gasteiger partial charge in [-0.2, -0.15) is 0 Å². The fraction of sp³-hybridized carbons (Fsp3) is 0.818. The molecule has 0 bridgehead atoms. The maximum atomic E-state index is 9.05. The molecule has 1 saturated carbocycles. The van der Waals surface area contributed by atoms with Crippen LogP contribution in [0, 0.1) is 11.8 Å². The molecule has 1 saturated heterocycles. The van der Waals surface area contributed by atoms with E-state index >= 15 is 0 Å². The minimum Gasteiger partial charge on any atom is -0.392 e. The third-order valence-corrected chi connectivity index (χ3v) is 3.72. The fourth-order valence-corrected chi connectivity index (χ4v) is 3.14. The normalized spacial score (nSPS) is 39.1. The van der Waals surface area contributed by atoms with Crippen molar-refractivity contribution in [1.82, 2.24) is 0 Å². The topological polar surface area (TPSA) is 38.7 Å². The van der Waals surface area contributed by atoms with E-state index in [4.69, 9.17) is 14.6 Å². The Labute approximate surface area is 83.7 Å². The molecular formula is C11H16O3.